The molecule has 0 atom stereocenters. The quantitative estimate of drug-likeness (QED) is 0.875. The van der Waals surface area contributed by atoms with Gasteiger partial charge in [0.2, 0.25) is 5.91 Å². The van der Waals surface area contributed by atoms with E-state index in [-0.39, 0.29) is 11.7 Å². The highest BCUT2D eigenvalue weighted by molar-refractivity contribution is 5.89. The number of nitrogens with one attached hydrogen (secondary N) is 2. The first kappa shape index (κ1) is 14.1. The van der Waals surface area contributed by atoms with E-state index in [1.165, 1.54) is 18.6 Å². The number of benzene rings is 2. The molecule has 2 aromatic carbocycles. The van der Waals surface area contributed by atoms with Crippen LogP contribution in [-0.4, -0.2) is 12.5 Å². The molecule has 0 aliphatic rings. The van der Waals surface area contributed by atoms with E-state index >= 15 is 0 Å². The van der Waals surface area contributed by atoms with Gasteiger partial charge in [-0.2, -0.15) is 0 Å². The average Bonchev–Trinajstić information content (AvgIpc) is 2.43. The van der Waals surface area contributed by atoms with Crippen LogP contribution >= 0.6 is 0 Å². The van der Waals surface area contributed by atoms with Gasteiger partial charge in [0, 0.05) is 19.2 Å². The molecule has 3 nitrogen and oxygen atoms in total. The molecule has 1 amide bonds. The Morgan fingerprint density at radius 2 is 1.90 bits per heavy atom. The lowest BCUT2D eigenvalue weighted by Gasteiger charge is -2.10. The maximum atomic E-state index is 13.7. The Bertz CT molecular complexity index is 584. The lowest BCUT2D eigenvalue weighted by molar-refractivity contribution is -0.114. The van der Waals surface area contributed by atoms with Gasteiger partial charge in [0.25, 0.3) is 0 Å². The van der Waals surface area contributed by atoms with Gasteiger partial charge in [-0.1, -0.05) is 30.3 Å². The highest BCUT2D eigenvalue weighted by Crippen LogP contribution is 2.19. The normalized spacial score (nSPS) is 10.1. The Morgan fingerprint density at radius 1 is 1.15 bits per heavy atom. The van der Waals surface area contributed by atoms with Crippen molar-refractivity contribution >= 4 is 17.3 Å². The minimum atomic E-state index is -0.327. The zero-order valence-corrected chi connectivity index (χ0v) is 11.3. The van der Waals surface area contributed by atoms with Gasteiger partial charge in [0.1, 0.15) is 5.82 Å². The van der Waals surface area contributed by atoms with Crippen LogP contribution in [0.25, 0.3) is 0 Å². The molecular weight excluding hydrogens is 255 g/mol. The summed E-state index contributed by atoms with van der Waals surface area (Å²) in [4.78, 5) is 11.0. The fourth-order valence-electron chi connectivity index (χ4n) is 1.93. The van der Waals surface area contributed by atoms with Crippen molar-refractivity contribution in [3.05, 3.63) is 59.9 Å². The Hall–Kier alpha value is -2.36. The van der Waals surface area contributed by atoms with Gasteiger partial charge >= 0.3 is 0 Å². The number of carbonyl (C=O) groups excluding carboxylic acids is 1. The lowest BCUT2D eigenvalue weighted by Crippen LogP contribution is -2.09. The molecule has 4 heteroatoms. The lowest BCUT2D eigenvalue weighted by atomic mass is 10.1. The molecule has 0 saturated carbocycles. The summed E-state index contributed by atoms with van der Waals surface area (Å²) in [7, 11) is 0. The van der Waals surface area contributed by atoms with Crippen molar-refractivity contribution in [2.24, 2.45) is 0 Å². The second kappa shape index (κ2) is 6.70. The molecule has 0 aliphatic heterocycles. The zero-order chi connectivity index (χ0) is 14.4. The van der Waals surface area contributed by atoms with E-state index in [1.807, 2.05) is 30.3 Å². The molecule has 0 radical (unpaired) electrons. The van der Waals surface area contributed by atoms with E-state index in [2.05, 4.69) is 10.6 Å². The van der Waals surface area contributed by atoms with Crippen LogP contribution in [-0.2, 0) is 11.2 Å². The molecule has 2 rings (SSSR count). The van der Waals surface area contributed by atoms with E-state index in [1.54, 1.807) is 12.1 Å². The monoisotopic (exact) mass is 272 g/mol. The minimum absolute atomic E-state index is 0.174. The van der Waals surface area contributed by atoms with Gasteiger partial charge < -0.3 is 10.6 Å². The predicted molar refractivity (Wildman–Crippen MR) is 79.3 cm³/mol. The predicted octanol–water partition coefficient (Wildman–Crippen LogP) is 3.44. The second-order valence-electron chi connectivity index (χ2n) is 4.54. The Balaban J connectivity index is 1.96. The Morgan fingerprint density at radius 3 is 2.60 bits per heavy atom. The number of carbonyl (C=O) groups is 1. The summed E-state index contributed by atoms with van der Waals surface area (Å²) in [6.45, 7) is 2.05. The van der Waals surface area contributed by atoms with Gasteiger partial charge in [0.05, 0.1) is 5.69 Å². The van der Waals surface area contributed by atoms with Gasteiger partial charge in [0.15, 0.2) is 0 Å². The standard InChI is InChI=1S/C16H17FN2O/c1-12(20)19-14-7-8-15(17)16(11-14)18-10-9-13-5-3-2-4-6-13/h2-8,11,18H,9-10H2,1H3,(H,19,20). The number of anilines is 2. The molecule has 20 heavy (non-hydrogen) atoms. The van der Waals surface area contributed by atoms with Crippen molar-refractivity contribution in [1.29, 1.82) is 0 Å². The van der Waals surface area contributed by atoms with Crippen molar-refractivity contribution in [3.63, 3.8) is 0 Å². The van der Waals surface area contributed by atoms with E-state index in [9.17, 15) is 9.18 Å². The van der Waals surface area contributed by atoms with Crippen LogP contribution in [0.5, 0.6) is 0 Å². The number of halogens is 1. The van der Waals surface area contributed by atoms with Crippen molar-refractivity contribution in [1.82, 2.24) is 0 Å². The molecule has 0 bridgehead atoms. The number of hydrogen-bond acceptors (Lipinski definition) is 2. The summed E-state index contributed by atoms with van der Waals surface area (Å²) in [6.07, 6.45) is 0.810. The molecule has 0 heterocycles. The molecular formula is C16H17FN2O. The molecule has 0 fully saturated rings. The molecule has 2 N–H and O–H groups in total. The SMILES string of the molecule is CC(=O)Nc1ccc(F)c(NCCc2ccccc2)c1. The topological polar surface area (TPSA) is 41.1 Å². The van der Waals surface area contributed by atoms with Crippen LogP contribution in [0.3, 0.4) is 0 Å². The first-order valence-electron chi connectivity index (χ1n) is 6.50. The van der Waals surface area contributed by atoms with E-state index in [0.717, 1.165) is 6.42 Å². The summed E-state index contributed by atoms with van der Waals surface area (Å²) in [6, 6.07) is 14.5. The minimum Gasteiger partial charge on any atom is -0.382 e. The smallest absolute Gasteiger partial charge is 0.221 e. The maximum absolute atomic E-state index is 13.7. The summed E-state index contributed by atoms with van der Waals surface area (Å²) in [5, 5.41) is 5.68. The van der Waals surface area contributed by atoms with E-state index in [0.29, 0.717) is 17.9 Å². The van der Waals surface area contributed by atoms with E-state index < -0.39 is 0 Å². The van der Waals surface area contributed by atoms with Gasteiger partial charge in [-0.15, -0.1) is 0 Å². The summed E-state index contributed by atoms with van der Waals surface area (Å²) in [5.41, 5.74) is 2.17. The van der Waals surface area contributed by atoms with Crippen molar-refractivity contribution < 1.29 is 9.18 Å². The third kappa shape index (κ3) is 4.09. The van der Waals surface area contributed by atoms with E-state index in [4.69, 9.17) is 0 Å². The largest absolute Gasteiger partial charge is 0.382 e. The zero-order valence-electron chi connectivity index (χ0n) is 11.3. The van der Waals surface area contributed by atoms with Crippen LogP contribution in [0.1, 0.15) is 12.5 Å². The Kier molecular flexibility index (Phi) is 4.71. The molecule has 104 valence electrons. The van der Waals surface area contributed by atoms with Crippen molar-refractivity contribution in [2.45, 2.75) is 13.3 Å². The summed E-state index contributed by atoms with van der Waals surface area (Å²) < 4.78 is 13.7. The van der Waals surface area contributed by atoms with Crippen LogP contribution in [0.4, 0.5) is 15.8 Å². The average molecular weight is 272 g/mol. The molecule has 0 aliphatic carbocycles. The number of hydrogen-bond donors (Lipinski definition) is 2. The fourth-order valence-corrected chi connectivity index (χ4v) is 1.93. The van der Waals surface area contributed by atoms with Crippen molar-refractivity contribution in [3.8, 4) is 0 Å². The highest BCUT2D eigenvalue weighted by Gasteiger charge is 2.04. The first-order valence-corrected chi connectivity index (χ1v) is 6.50. The van der Waals surface area contributed by atoms with Crippen molar-refractivity contribution in [2.75, 3.05) is 17.2 Å². The van der Waals surface area contributed by atoms with Gasteiger partial charge in [-0.25, -0.2) is 4.39 Å². The molecule has 0 aromatic heterocycles. The number of rotatable bonds is 5. The second-order valence-corrected chi connectivity index (χ2v) is 4.54. The summed E-state index contributed by atoms with van der Waals surface area (Å²) >= 11 is 0. The van der Waals surface area contributed by atoms with Crippen LogP contribution in [0.2, 0.25) is 0 Å². The van der Waals surface area contributed by atoms with Crippen LogP contribution in [0.15, 0.2) is 48.5 Å². The fraction of sp³-hybridized carbons (Fsp3) is 0.188. The van der Waals surface area contributed by atoms with Gasteiger partial charge in [-0.3, -0.25) is 4.79 Å². The molecule has 0 saturated heterocycles. The highest BCUT2D eigenvalue weighted by atomic mass is 19.1. The first-order chi connectivity index (χ1) is 9.65. The third-order valence-electron chi connectivity index (χ3n) is 2.86. The van der Waals surface area contributed by atoms with Gasteiger partial charge in [-0.05, 0) is 30.2 Å². The molecule has 2 aromatic rings. The van der Waals surface area contributed by atoms with Crippen LogP contribution in [0, 0.1) is 5.82 Å². The maximum Gasteiger partial charge on any atom is 0.221 e. The molecule has 0 unspecified atom stereocenters. The van der Waals surface area contributed by atoms with Crippen LogP contribution < -0.4 is 10.6 Å². The molecule has 0 spiro atoms. The Labute approximate surface area is 117 Å². The number of amides is 1. The summed E-state index contributed by atoms with van der Waals surface area (Å²) in [5.74, 6) is -0.501. The third-order valence-corrected chi connectivity index (χ3v) is 2.86.